The number of alkyl halides is 2. The second-order valence-electron chi connectivity index (χ2n) is 10.2. The van der Waals surface area contributed by atoms with Crippen molar-refractivity contribution in [2.75, 3.05) is 18.8 Å². The van der Waals surface area contributed by atoms with E-state index in [9.17, 15) is 0 Å². The fraction of sp³-hybridized carbons (Fsp3) is 1.00. The molecular weight excluding hydrogens is 379 g/mol. The number of hydrogen-bond donors (Lipinski definition) is 0. The van der Waals surface area contributed by atoms with Gasteiger partial charge in [-0.2, -0.15) is 0 Å². The molecule has 0 aliphatic carbocycles. The van der Waals surface area contributed by atoms with Crippen LogP contribution in [-0.4, -0.2) is 37.2 Å². The van der Waals surface area contributed by atoms with E-state index >= 15 is 0 Å². The van der Waals surface area contributed by atoms with Crippen molar-refractivity contribution in [3.05, 3.63) is 0 Å². The summed E-state index contributed by atoms with van der Waals surface area (Å²) in [5, 5.41) is 0. The number of hydrogen-bond acceptors (Lipinski definition) is 3. The summed E-state index contributed by atoms with van der Waals surface area (Å²) in [5.74, 6) is 0. The van der Waals surface area contributed by atoms with Crippen molar-refractivity contribution in [1.82, 2.24) is 0 Å². The Labute approximate surface area is 125 Å². The van der Waals surface area contributed by atoms with Crippen LogP contribution in [0.1, 0.15) is 0 Å². The Kier molecular flexibility index (Phi) is 0.406. The standard InChI is InChI=1S/C8H9Cl2S3.C5H5.Fe/c1-11-6-4(9)7(12-2)8(13-3)5(6)10;1-2-4-5-3-1;/h1-3H3;1-5H;. The molecule has 19 heavy (non-hydrogen) atoms. The molecule has 4 atom stereocenters. The van der Waals surface area contributed by atoms with Crippen molar-refractivity contribution in [3.8, 4) is 0 Å². The van der Waals surface area contributed by atoms with Gasteiger partial charge in [-0.25, -0.2) is 0 Å². The van der Waals surface area contributed by atoms with Gasteiger partial charge >= 0.3 is 126 Å². The van der Waals surface area contributed by atoms with Gasteiger partial charge in [0.2, 0.25) is 0 Å². The van der Waals surface area contributed by atoms with Crippen LogP contribution >= 0.6 is 58.5 Å². The SMILES string of the molecule is CS[C]12[C]3(Cl)[C]4(SC)[C]5(SC)[C]1(Cl)[Fe]32451678[CH]2[CH]1[CH]6[CH]7[CH]28. The summed E-state index contributed by atoms with van der Waals surface area (Å²) in [6, 6.07) is 0. The summed E-state index contributed by atoms with van der Waals surface area (Å²) in [6.07, 6.45) is 7.13. The monoisotopic (exact) mass is 392 g/mol. The first kappa shape index (κ1) is 9.45. The number of halogens is 2. The third kappa shape index (κ3) is 0.0840. The van der Waals surface area contributed by atoms with Gasteiger partial charge in [-0.3, -0.25) is 0 Å². The van der Waals surface area contributed by atoms with Gasteiger partial charge in [0.25, 0.3) is 0 Å². The van der Waals surface area contributed by atoms with E-state index in [1.165, 1.54) is 0 Å². The van der Waals surface area contributed by atoms with E-state index < -0.39 is 6.51 Å². The van der Waals surface area contributed by atoms with Gasteiger partial charge in [0, 0.05) is 0 Å². The Morgan fingerprint density at radius 1 is 0.684 bits per heavy atom. The van der Waals surface area contributed by atoms with Gasteiger partial charge in [-0.15, -0.1) is 0 Å². The van der Waals surface area contributed by atoms with E-state index in [2.05, 4.69) is 54.1 Å². The van der Waals surface area contributed by atoms with Gasteiger partial charge < -0.3 is 0 Å². The first-order chi connectivity index (χ1) is 8.80. The molecule has 10 aliphatic rings. The normalized spacial score (nSPS) is 124. The molecule has 0 radical (unpaired) electrons. The van der Waals surface area contributed by atoms with Crippen LogP contribution in [0.3, 0.4) is 0 Å². The molecule has 0 aromatic rings. The molecule has 106 valence electrons. The molecule has 10 aliphatic heterocycles. The Morgan fingerprint density at radius 3 is 1.21 bits per heavy atom. The first-order valence-corrected chi connectivity index (χ1v) is 17.4. The topological polar surface area (TPSA) is 0 Å². The number of thioether (sulfide) groups is 3. The van der Waals surface area contributed by atoms with Crippen LogP contribution in [0.4, 0.5) is 0 Å². The maximum atomic E-state index is 7.71. The number of rotatable bonds is 3. The molecule has 0 bridgehead atoms. The minimum absolute atomic E-state index is 0.257. The van der Waals surface area contributed by atoms with Crippen molar-refractivity contribution in [3.63, 3.8) is 0 Å². The van der Waals surface area contributed by atoms with Crippen LogP contribution in [0.25, 0.3) is 0 Å². The average Bonchev–Trinajstić information content (AvgIpc) is 3.34. The summed E-state index contributed by atoms with van der Waals surface area (Å²) >= 11 is 22.0. The van der Waals surface area contributed by atoms with Gasteiger partial charge in [0.15, 0.2) is 0 Å². The first-order valence-electron chi connectivity index (χ1n) is 7.04. The fourth-order valence-corrected chi connectivity index (χ4v) is 139. The van der Waals surface area contributed by atoms with Gasteiger partial charge in [-0.05, 0) is 0 Å². The third-order valence-electron chi connectivity index (χ3n) is 15.5. The van der Waals surface area contributed by atoms with Crippen molar-refractivity contribution in [2.24, 2.45) is 0 Å². The zero-order valence-corrected chi connectivity index (χ0v) is 15.8. The maximum absolute atomic E-state index is 7.71. The number of fused-ring (bicyclic) bond motifs is 10. The molecule has 0 N–H and O–H groups in total. The summed E-state index contributed by atoms with van der Waals surface area (Å²) in [7, 11) is 0. The molecular formula is C13H14Cl2FeS3. The van der Waals surface area contributed by atoms with E-state index in [-0.39, 0.29) is 7.55 Å². The zero-order valence-electron chi connectivity index (χ0n) is 10.7. The van der Waals surface area contributed by atoms with Crippen LogP contribution in [0.2, 0.25) is 24.1 Å². The second kappa shape index (κ2) is 0.816. The van der Waals surface area contributed by atoms with Crippen molar-refractivity contribution < 1.29 is 6.51 Å². The van der Waals surface area contributed by atoms with Crippen molar-refractivity contribution in [2.45, 2.75) is 42.6 Å². The fourth-order valence-electron chi connectivity index (χ4n) is 18.1. The molecule has 0 nitrogen and oxygen atoms in total. The Balaban J connectivity index is 1.78. The molecule has 10 rings (SSSR count). The zero-order chi connectivity index (χ0) is 12.8. The predicted octanol–water partition coefficient (Wildman–Crippen LogP) is 4.48. The average molecular weight is 393 g/mol. The molecule has 6 heteroatoms. The second-order valence-corrected chi connectivity index (χ2v) is 38.3. The van der Waals surface area contributed by atoms with E-state index in [1.807, 2.05) is 0 Å². The molecule has 0 saturated carbocycles. The van der Waals surface area contributed by atoms with E-state index in [0.717, 1.165) is 24.1 Å². The Morgan fingerprint density at radius 2 is 1.00 bits per heavy atom. The molecule has 10 heterocycles. The summed E-state index contributed by atoms with van der Waals surface area (Å²) < 4.78 is 2.03. The Bertz CT molecular complexity index is 1040. The van der Waals surface area contributed by atoms with E-state index in [0.29, 0.717) is 10.9 Å². The summed E-state index contributed by atoms with van der Waals surface area (Å²) in [6.45, 7) is -3.86. The van der Waals surface area contributed by atoms with Crippen LogP contribution in [-0.2, 0) is 6.51 Å². The van der Waals surface area contributed by atoms with Crippen molar-refractivity contribution >= 4 is 58.5 Å². The van der Waals surface area contributed by atoms with Crippen LogP contribution in [0, 0.1) is 0 Å². The van der Waals surface area contributed by atoms with E-state index in [4.69, 9.17) is 23.2 Å². The summed E-state index contributed by atoms with van der Waals surface area (Å²) in [5.41, 5.74) is 0. The van der Waals surface area contributed by atoms with E-state index in [1.54, 1.807) is 0 Å². The third-order valence-corrected chi connectivity index (χ3v) is 79.6. The van der Waals surface area contributed by atoms with Crippen molar-refractivity contribution in [1.29, 1.82) is 0 Å². The molecule has 10 saturated heterocycles. The molecule has 1 spiro atoms. The van der Waals surface area contributed by atoms with Crippen LogP contribution < -0.4 is 0 Å². The van der Waals surface area contributed by atoms with Crippen LogP contribution in [0.5, 0.6) is 0 Å². The quantitative estimate of drug-likeness (QED) is 0.513. The summed E-state index contributed by atoms with van der Waals surface area (Å²) in [4.78, 5) is 5.58. The molecule has 4 unspecified atom stereocenters. The minimum atomic E-state index is -3.86. The van der Waals surface area contributed by atoms with Gasteiger partial charge in [0.1, 0.15) is 0 Å². The van der Waals surface area contributed by atoms with Gasteiger partial charge in [0.05, 0.1) is 0 Å². The Hall–Kier alpha value is 2.15. The molecule has 0 aromatic heterocycles. The molecule has 0 aromatic carbocycles. The van der Waals surface area contributed by atoms with Gasteiger partial charge in [-0.1, -0.05) is 0 Å². The molecule has 10 fully saturated rings. The van der Waals surface area contributed by atoms with Crippen LogP contribution in [0.15, 0.2) is 0 Å². The molecule has 0 amide bonds. The predicted molar refractivity (Wildman–Crippen MR) is 84.7 cm³/mol.